The molecule has 1 atom stereocenters. The predicted octanol–water partition coefficient (Wildman–Crippen LogP) is 0.538. The molecule has 21 heavy (non-hydrogen) atoms. The largest absolute Gasteiger partial charge is 0.473 e. The second kappa shape index (κ2) is 6.34. The van der Waals surface area contributed by atoms with Crippen molar-refractivity contribution in [1.82, 2.24) is 15.2 Å². The van der Waals surface area contributed by atoms with Crippen molar-refractivity contribution in [2.24, 2.45) is 0 Å². The molecule has 1 N–H and O–H groups in total. The van der Waals surface area contributed by atoms with E-state index in [1.165, 1.54) is 11.1 Å². The molecule has 0 aliphatic carbocycles. The van der Waals surface area contributed by atoms with E-state index in [1.807, 2.05) is 11.8 Å². The number of pyridine rings is 1. The summed E-state index contributed by atoms with van der Waals surface area (Å²) in [6.45, 7) is 1.14. The van der Waals surface area contributed by atoms with Gasteiger partial charge in [-0.15, -0.1) is 0 Å². The minimum Gasteiger partial charge on any atom is -0.473 e. The van der Waals surface area contributed by atoms with Gasteiger partial charge < -0.3 is 15.0 Å². The van der Waals surface area contributed by atoms with Crippen molar-refractivity contribution in [3.05, 3.63) is 23.9 Å². The molecule has 3 heterocycles. The second-order valence-corrected chi connectivity index (χ2v) is 6.22. The van der Waals surface area contributed by atoms with E-state index < -0.39 is 0 Å². The highest BCUT2D eigenvalue weighted by atomic mass is 32.2. The first-order valence-electron chi connectivity index (χ1n) is 6.99. The standard InChI is InChI=1S/C14H17N3O3S/c18-12-8-17(5-4-15-12)14(19)10-1-2-13(16-7-10)20-11-3-6-21-9-11/h1-2,7,11H,3-6,8-9H2,(H,15,18). The lowest BCUT2D eigenvalue weighted by Crippen LogP contribution is -2.49. The number of nitrogens with one attached hydrogen (secondary N) is 1. The number of hydrogen-bond donors (Lipinski definition) is 1. The number of amides is 2. The Bertz CT molecular complexity index is 529. The summed E-state index contributed by atoms with van der Waals surface area (Å²) < 4.78 is 5.75. The van der Waals surface area contributed by atoms with Gasteiger partial charge in [-0.05, 0) is 18.2 Å². The quantitative estimate of drug-likeness (QED) is 0.882. The van der Waals surface area contributed by atoms with Crippen LogP contribution in [-0.4, -0.2) is 58.9 Å². The van der Waals surface area contributed by atoms with Crippen LogP contribution >= 0.6 is 11.8 Å². The fraction of sp³-hybridized carbons (Fsp3) is 0.500. The Balaban J connectivity index is 1.62. The van der Waals surface area contributed by atoms with E-state index >= 15 is 0 Å². The summed E-state index contributed by atoms with van der Waals surface area (Å²) in [5.74, 6) is 2.38. The Morgan fingerprint density at radius 2 is 2.38 bits per heavy atom. The number of piperazine rings is 1. The predicted molar refractivity (Wildman–Crippen MR) is 79.5 cm³/mol. The fourth-order valence-electron chi connectivity index (χ4n) is 2.35. The highest BCUT2D eigenvalue weighted by molar-refractivity contribution is 7.99. The van der Waals surface area contributed by atoms with Crippen LogP contribution in [0.3, 0.4) is 0 Å². The topological polar surface area (TPSA) is 71.5 Å². The van der Waals surface area contributed by atoms with Crippen LogP contribution in [0.1, 0.15) is 16.8 Å². The molecule has 0 radical (unpaired) electrons. The SMILES string of the molecule is O=C1CN(C(=O)c2ccc(OC3CCSC3)nc2)CCN1. The Morgan fingerprint density at radius 3 is 3.05 bits per heavy atom. The molecule has 112 valence electrons. The van der Waals surface area contributed by atoms with Gasteiger partial charge in [0.2, 0.25) is 11.8 Å². The maximum absolute atomic E-state index is 12.3. The second-order valence-electron chi connectivity index (χ2n) is 5.07. The first-order chi connectivity index (χ1) is 10.2. The highest BCUT2D eigenvalue weighted by Gasteiger charge is 2.23. The Hall–Kier alpha value is -1.76. The van der Waals surface area contributed by atoms with Crippen molar-refractivity contribution in [2.45, 2.75) is 12.5 Å². The molecule has 7 heteroatoms. The van der Waals surface area contributed by atoms with Crippen molar-refractivity contribution in [3.63, 3.8) is 0 Å². The molecule has 1 aromatic heterocycles. The molecular weight excluding hydrogens is 290 g/mol. The van der Waals surface area contributed by atoms with Crippen LogP contribution in [0.2, 0.25) is 0 Å². The maximum atomic E-state index is 12.3. The molecule has 0 bridgehead atoms. The van der Waals surface area contributed by atoms with E-state index in [9.17, 15) is 9.59 Å². The van der Waals surface area contributed by atoms with Crippen LogP contribution in [0.5, 0.6) is 5.88 Å². The smallest absolute Gasteiger partial charge is 0.255 e. The number of hydrogen-bond acceptors (Lipinski definition) is 5. The molecule has 2 saturated heterocycles. The Labute approximate surface area is 127 Å². The lowest BCUT2D eigenvalue weighted by Gasteiger charge is -2.26. The number of carbonyl (C=O) groups excluding carboxylic acids is 2. The van der Waals surface area contributed by atoms with Crippen LogP contribution in [0.25, 0.3) is 0 Å². The summed E-state index contributed by atoms with van der Waals surface area (Å²) in [7, 11) is 0. The van der Waals surface area contributed by atoms with Gasteiger partial charge in [0.15, 0.2) is 0 Å². The van der Waals surface area contributed by atoms with E-state index in [4.69, 9.17) is 4.74 Å². The third-order valence-corrected chi connectivity index (χ3v) is 4.62. The lowest BCUT2D eigenvalue weighted by molar-refractivity contribution is -0.123. The molecule has 0 aromatic carbocycles. The molecule has 1 aromatic rings. The number of thioether (sulfide) groups is 1. The normalized spacial score (nSPS) is 22.0. The van der Waals surface area contributed by atoms with E-state index in [-0.39, 0.29) is 24.5 Å². The van der Waals surface area contributed by atoms with Gasteiger partial charge in [-0.2, -0.15) is 11.8 Å². The van der Waals surface area contributed by atoms with Gasteiger partial charge in [-0.3, -0.25) is 9.59 Å². The van der Waals surface area contributed by atoms with Gasteiger partial charge >= 0.3 is 0 Å². The third-order valence-electron chi connectivity index (χ3n) is 3.48. The van der Waals surface area contributed by atoms with Gasteiger partial charge in [0, 0.05) is 31.1 Å². The molecule has 2 aliphatic rings. The van der Waals surface area contributed by atoms with Crippen LogP contribution in [0.15, 0.2) is 18.3 Å². The Morgan fingerprint density at radius 1 is 1.48 bits per heavy atom. The van der Waals surface area contributed by atoms with Crippen molar-refractivity contribution in [1.29, 1.82) is 0 Å². The average Bonchev–Trinajstić information content (AvgIpc) is 3.00. The van der Waals surface area contributed by atoms with Gasteiger partial charge in [-0.25, -0.2) is 4.98 Å². The maximum Gasteiger partial charge on any atom is 0.255 e. The minimum atomic E-state index is -0.166. The molecule has 2 aliphatic heterocycles. The molecule has 0 spiro atoms. The van der Waals surface area contributed by atoms with Crippen LogP contribution in [0.4, 0.5) is 0 Å². The third kappa shape index (κ3) is 3.47. The number of carbonyl (C=O) groups is 2. The molecular formula is C14H17N3O3S. The zero-order chi connectivity index (χ0) is 14.7. The fourth-order valence-corrected chi connectivity index (χ4v) is 3.44. The minimum absolute atomic E-state index is 0.108. The number of aromatic nitrogens is 1. The van der Waals surface area contributed by atoms with Crippen molar-refractivity contribution in [3.8, 4) is 5.88 Å². The monoisotopic (exact) mass is 307 g/mol. The van der Waals surface area contributed by atoms with Gasteiger partial charge in [0.05, 0.1) is 12.1 Å². The Kier molecular flexibility index (Phi) is 4.28. The molecule has 2 amide bonds. The van der Waals surface area contributed by atoms with Crippen LogP contribution in [-0.2, 0) is 4.79 Å². The summed E-state index contributed by atoms with van der Waals surface area (Å²) in [6, 6.07) is 3.43. The molecule has 6 nitrogen and oxygen atoms in total. The number of nitrogens with zero attached hydrogens (tertiary/aromatic N) is 2. The summed E-state index contributed by atoms with van der Waals surface area (Å²) in [5, 5.41) is 2.70. The average molecular weight is 307 g/mol. The highest BCUT2D eigenvalue weighted by Crippen LogP contribution is 2.22. The summed E-state index contributed by atoms with van der Waals surface area (Å²) >= 11 is 1.88. The summed E-state index contributed by atoms with van der Waals surface area (Å²) in [5.41, 5.74) is 0.484. The zero-order valence-electron chi connectivity index (χ0n) is 11.6. The number of rotatable bonds is 3. The van der Waals surface area contributed by atoms with Crippen LogP contribution in [0, 0.1) is 0 Å². The molecule has 3 rings (SSSR count). The van der Waals surface area contributed by atoms with Gasteiger partial charge in [0.1, 0.15) is 6.10 Å². The van der Waals surface area contributed by atoms with Gasteiger partial charge in [0.25, 0.3) is 5.91 Å². The van der Waals surface area contributed by atoms with E-state index in [0.717, 1.165) is 17.9 Å². The summed E-state index contributed by atoms with van der Waals surface area (Å²) in [4.78, 5) is 29.3. The first kappa shape index (κ1) is 14.2. The molecule has 1 unspecified atom stereocenters. The van der Waals surface area contributed by atoms with Crippen LogP contribution < -0.4 is 10.1 Å². The van der Waals surface area contributed by atoms with Gasteiger partial charge in [-0.1, -0.05) is 0 Å². The van der Waals surface area contributed by atoms with E-state index in [0.29, 0.717) is 24.5 Å². The van der Waals surface area contributed by atoms with E-state index in [1.54, 1.807) is 12.1 Å². The first-order valence-corrected chi connectivity index (χ1v) is 8.14. The molecule has 2 fully saturated rings. The summed E-state index contributed by atoms with van der Waals surface area (Å²) in [6.07, 6.45) is 2.78. The van der Waals surface area contributed by atoms with Crippen molar-refractivity contribution < 1.29 is 14.3 Å². The van der Waals surface area contributed by atoms with E-state index in [2.05, 4.69) is 10.3 Å². The zero-order valence-corrected chi connectivity index (χ0v) is 12.4. The van der Waals surface area contributed by atoms with Crippen molar-refractivity contribution >= 4 is 23.6 Å². The molecule has 0 saturated carbocycles. The van der Waals surface area contributed by atoms with Crippen molar-refractivity contribution in [2.75, 3.05) is 31.1 Å². The number of ether oxygens (including phenoxy) is 1. The lowest BCUT2D eigenvalue weighted by atomic mass is 10.2.